The van der Waals surface area contributed by atoms with Gasteiger partial charge in [-0.2, -0.15) is 0 Å². The smallest absolute Gasteiger partial charge is 0.307 e. The highest BCUT2D eigenvalue weighted by atomic mass is 35.5. The molecule has 0 fully saturated rings. The molecule has 1 aromatic rings. The highest BCUT2D eigenvalue weighted by Gasteiger charge is 2.51. The Labute approximate surface area is 121 Å². The quantitative estimate of drug-likeness (QED) is 0.775. The van der Waals surface area contributed by atoms with Crippen LogP contribution in [0.1, 0.15) is 31.7 Å². The Morgan fingerprint density at radius 2 is 1.79 bits per heavy atom. The van der Waals surface area contributed by atoms with Gasteiger partial charge in [0, 0.05) is 5.02 Å². The normalized spacial score (nSPS) is 16.7. The second-order valence-corrected chi connectivity index (χ2v) is 12.2. The molecular weight excluding hydrogens is 276 g/mol. The first kappa shape index (κ1) is 16.3. The van der Waals surface area contributed by atoms with E-state index in [1.807, 2.05) is 31.2 Å². The fourth-order valence-electron chi connectivity index (χ4n) is 2.66. The molecule has 0 aliphatic rings. The van der Waals surface area contributed by atoms with Crippen LogP contribution in [0.5, 0.6) is 0 Å². The third kappa shape index (κ3) is 3.03. The van der Waals surface area contributed by atoms with Crippen LogP contribution in [-0.2, 0) is 4.79 Å². The van der Waals surface area contributed by atoms with Gasteiger partial charge in [0.25, 0.3) is 0 Å². The van der Waals surface area contributed by atoms with Gasteiger partial charge in [0.2, 0.25) is 0 Å². The number of halogens is 1. The molecule has 1 N–H and O–H groups in total. The van der Waals surface area contributed by atoms with E-state index in [-0.39, 0.29) is 5.92 Å². The number of aliphatic carboxylic acids is 1. The van der Waals surface area contributed by atoms with Gasteiger partial charge in [-0.15, -0.1) is 0 Å². The zero-order chi connectivity index (χ0) is 14.8. The summed E-state index contributed by atoms with van der Waals surface area (Å²) in [6, 6.07) is 7.59. The first-order valence-electron chi connectivity index (χ1n) is 6.63. The molecule has 2 atom stereocenters. The molecule has 0 heterocycles. The lowest BCUT2D eigenvalue weighted by molar-refractivity contribution is -0.141. The minimum atomic E-state index is -1.89. The van der Waals surface area contributed by atoms with E-state index < -0.39 is 19.1 Å². The van der Waals surface area contributed by atoms with Gasteiger partial charge >= 0.3 is 5.97 Å². The Bertz CT molecular complexity index is 450. The average molecular weight is 299 g/mol. The second kappa shape index (κ2) is 5.67. The number of carboxylic acids is 1. The Hall–Kier alpha value is -0.803. The number of rotatable bonds is 5. The lowest BCUT2D eigenvalue weighted by atomic mass is 9.84. The molecule has 1 aromatic carbocycles. The van der Waals surface area contributed by atoms with Crippen molar-refractivity contribution in [1.29, 1.82) is 0 Å². The molecular formula is C15H23ClO2Si. The number of carbonyl (C=O) groups is 1. The molecule has 1 rings (SSSR count). The summed E-state index contributed by atoms with van der Waals surface area (Å²) in [5.74, 6) is -0.664. The summed E-state index contributed by atoms with van der Waals surface area (Å²) in [7, 11) is -1.89. The molecule has 0 spiro atoms. The molecule has 106 valence electrons. The molecule has 0 saturated carbocycles. The SMILES string of the molecule is CCC(c1ccc(Cl)cc1)C(C)(C(=O)O)[Si](C)(C)C. The van der Waals surface area contributed by atoms with Gasteiger partial charge in [-0.25, -0.2) is 0 Å². The molecule has 2 nitrogen and oxygen atoms in total. The highest BCUT2D eigenvalue weighted by Crippen LogP contribution is 2.51. The Kier molecular flexibility index (Phi) is 4.85. The van der Waals surface area contributed by atoms with Crippen molar-refractivity contribution in [3.05, 3.63) is 34.9 Å². The molecule has 19 heavy (non-hydrogen) atoms. The van der Waals surface area contributed by atoms with Crippen molar-refractivity contribution >= 4 is 25.6 Å². The van der Waals surface area contributed by atoms with Crippen molar-refractivity contribution < 1.29 is 9.90 Å². The number of hydrogen-bond donors (Lipinski definition) is 1. The Morgan fingerprint density at radius 3 is 2.11 bits per heavy atom. The predicted octanol–water partition coefficient (Wildman–Crippen LogP) is 5.02. The Morgan fingerprint density at radius 1 is 1.32 bits per heavy atom. The zero-order valence-corrected chi connectivity index (χ0v) is 14.1. The third-order valence-electron chi connectivity index (χ3n) is 4.38. The number of carboxylic acid groups (broad SMARTS) is 1. The van der Waals surface area contributed by atoms with Gasteiger partial charge in [-0.1, -0.05) is 57.2 Å². The van der Waals surface area contributed by atoms with Gasteiger partial charge in [-0.05, 0) is 30.0 Å². The third-order valence-corrected chi connectivity index (χ3v) is 8.31. The largest absolute Gasteiger partial charge is 0.481 e. The van der Waals surface area contributed by atoms with Crippen LogP contribution in [0.15, 0.2) is 24.3 Å². The van der Waals surface area contributed by atoms with E-state index in [4.69, 9.17) is 11.6 Å². The summed E-state index contributed by atoms with van der Waals surface area (Å²) in [5.41, 5.74) is 1.07. The van der Waals surface area contributed by atoms with Crippen molar-refractivity contribution in [3.63, 3.8) is 0 Å². The first-order chi connectivity index (χ1) is 8.64. The molecule has 0 amide bonds. The molecule has 4 heteroatoms. The van der Waals surface area contributed by atoms with Gasteiger partial charge < -0.3 is 5.11 Å². The number of benzene rings is 1. The van der Waals surface area contributed by atoms with Crippen LogP contribution >= 0.6 is 11.6 Å². The summed E-state index contributed by atoms with van der Waals surface area (Å²) in [4.78, 5) is 11.9. The van der Waals surface area contributed by atoms with Crippen LogP contribution in [-0.4, -0.2) is 19.1 Å². The van der Waals surface area contributed by atoms with Crippen LogP contribution in [0, 0.1) is 0 Å². The zero-order valence-electron chi connectivity index (χ0n) is 12.3. The standard InChI is InChI=1S/C15H23ClO2Si/c1-6-13(11-7-9-12(16)10-8-11)15(2,14(17)18)19(3,4)5/h7-10,13H,6H2,1-5H3,(H,17,18). The fourth-order valence-corrected chi connectivity index (χ4v) is 4.85. The molecule has 0 aliphatic heterocycles. The highest BCUT2D eigenvalue weighted by molar-refractivity contribution is 6.82. The lowest BCUT2D eigenvalue weighted by Gasteiger charge is -2.43. The van der Waals surface area contributed by atoms with Gasteiger partial charge in [0.1, 0.15) is 0 Å². The second-order valence-electron chi connectivity index (χ2n) is 6.27. The summed E-state index contributed by atoms with van der Waals surface area (Å²) >= 11 is 5.92. The minimum absolute atomic E-state index is 0.0222. The first-order valence-corrected chi connectivity index (χ1v) is 10.5. The lowest BCUT2D eigenvalue weighted by Crippen LogP contribution is -2.47. The van der Waals surface area contributed by atoms with E-state index in [2.05, 4.69) is 26.6 Å². The topological polar surface area (TPSA) is 37.3 Å². The van der Waals surface area contributed by atoms with E-state index >= 15 is 0 Å². The molecule has 0 saturated heterocycles. The van der Waals surface area contributed by atoms with Crippen LogP contribution in [0.2, 0.25) is 29.7 Å². The molecule has 0 aliphatic carbocycles. The minimum Gasteiger partial charge on any atom is -0.481 e. The predicted molar refractivity (Wildman–Crippen MR) is 83.8 cm³/mol. The van der Waals surface area contributed by atoms with Crippen LogP contribution in [0.25, 0.3) is 0 Å². The van der Waals surface area contributed by atoms with Crippen LogP contribution in [0.3, 0.4) is 0 Å². The van der Waals surface area contributed by atoms with Gasteiger partial charge in [-0.3, -0.25) is 4.79 Å². The van der Waals surface area contributed by atoms with Crippen LogP contribution < -0.4 is 0 Å². The van der Waals surface area contributed by atoms with E-state index in [0.717, 1.165) is 12.0 Å². The van der Waals surface area contributed by atoms with Crippen molar-refractivity contribution in [2.24, 2.45) is 0 Å². The molecule has 0 aromatic heterocycles. The van der Waals surface area contributed by atoms with E-state index in [1.165, 1.54) is 0 Å². The monoisotopic (exact) mass is 298 g/mol. The molecule has 0 radical (unpaired) electrons. The van der Waals surface area contributed by atoms with Crippen molar-refractivity contribution in [3.8, 4) is 0 Å². The van der Waals surface area contributed by atoms with Crippen LogP contribution in [0.4, 0.5) is 0 Å². The number of hydrogen-bond acceptors (Lipinski definition) is 1. The fraction of sp³-hybridized carbons (Fsp3) is 0.533. The van der Waals surface area contributed by atoms with E-state index in [9.17, 15) is 9.90 Å². The van der Waals surface area contributed by atoms with Crippen molar-refractivity contribution in [2.45, 2.75) is 50.9 Å². The maximum atomic E-state index is 11.9. The van der Waals surface area contributed by atoms with Gasteiger partial charge in [0.05, 0.1) is 13.1 Å². The molecule has 0 bridgehead atoms. The average Bonchev–Trinajstić information content (AvgIpc) is 2.30. The Balaban J connectivity index is 3.33. The summed E-state index contributed by atoms with van der Waals surface area (Å²) in [5, 5.41) is 9.79. The van der Waals surface area contributed by atoms with Crippen molar-refractivity contribution in [2.75, 3.05) is 0 Å². The summed E-state index contributed by atoms with van der Waals surface area (Å²) in [6.07, 6.45) is 0.814. The summed E-state index contributed by atoms with van der Waals surface area (Å²) < 4.78 is 0. The van der Waals surface area contributed by atoms with Crippen molar-refractivity contribution in [1.82, 2.24) is 0 Å². The maximum absolute atomic E-state index is 11.9. The van der Waals surface area contributed by atoms with E-state index in [1.54, 1.807) is 0 Å². The van der Waals surface area contributed by atoms with Gasteiger partial charge in [0.15, 0.2) is 0 Å². The maximum Gasteiger partial charge on any atom is 0.307 e. The molecule has 2 unspecified atom stereocenters. The summed E-state index contributed by atoms with van der Waals surface area (Å²) in [6.45, 7) is 10.3. The van der Waals surface area contributed by atoms with E-state index in [0.29, 0.717) is 5.02 Å².